The fourth-order valence-corrected chi connectivity index (χ4v) is 4.24. The van der Waals surface area contributed by atoms with Crippen molar-refractivity contribution in [2.45, 2.75) is 6.42 Å². The van der Waals surface area contributed by atoms with Gasteiger partial charge in [0.15, 0.2) is 16.6 Å². The van der Waals surface area contributed by atoms with Gasteiger partial charge in [0, 0.05) is 18.4 Å². The minimum Gasteiger partial charge on any atom is -0.493 e. The molecule has 2 heterocycles. The van der Waals surface area contributed by atoms with Crippen LogP contribution in [0, 0.1) is 0 Å². The molecule has 2 aromatic carbocycles. The molecule has 0 atom stereocenters. The Morgan fingerprint density at radius 1 is 1.06 bits per heavy atom. The number of carbonyl (C=O) groups excluding carboxylic acids is 2. The molecular weight excluding hydrogens is 432 g/mol. The maximum Gasteiger partial charge on any atom is 0.267 e. The van der Waals surface area contributed by atoms with E-state index in [1.54, 1.807) is 12.1 Å². The SMILES string of the molecule is COc1cc2cc(C(=O)NCCC(=O)Nc3nc4ccccc4s3)[nH]c2c(OC)c1OC. The molecule has 166 valence electrons. The lowest BCUT2D eigenvalue weighted by atomic mass is 10.2. The Balaban J connectivity index is 1.39. The quantitative estimate of drug-likeness (QED) is 0.375. The molecule has 4 rings (SSSR count). The molecule has 0 aliphatic carbocycles. The number of nitrogens with zero attached hydrogens (tertiary/aromatic N) is 1. The zero-order valence-corrected chi connectivity index (χ0v) is 18.6. The standard InChI is InChI=1S/C22H22N4O5S/c1-29-15-11-12-10-14(24-18(12)20(31-3)19(15)30-2)21(28)23-9-8-17(27)26-22-25-13-6-4-5-7-16(13)32-22/h4-7,10-11,24H,8-9H2,1-3H3,(H,23,28)(H,25,26,27). The van der Waals surface area contributed by atoms with Gasteiger partial charge in [0.2, 0.25) is 11.7 Å². The van der Waals surface area contributed by atoms with Crippen LogP contribution in [0.4, 0.5) is 5.13 Å². The van der Waals surface area contributed by atoms with E-state index >= 15 is 0 Å². The second-order valence-corrected chi connectivity index (χ2v) is 7.86. The maximum absolute atomic E-state index is 12.6. The van der Waals surface area contributed by atoms with Gasteiger partial charge in [-0.25, -0.2) is 4.98 Å². The van der Waals surface area contributed by atoms with Gasteiger partial charge in [-0.15, -0.1) is 0 Å². The highest BCUT2D eigenvalue weighted by Gasteiger charge is 2.20. The van der Waals surface area contributed by atoms with Crippen LogP contribution in [-0.4, -0.2) is 49.7 Å². The Morgan fingerprint density at radius 3 is 2.56 bits per heavy atom. The fraction of sp³-hybridized carbons (Fsp3) is 0.227. The molecule has 0 unspecified atom stereocenters. The summed E-state index contributed by atoms with van der Waals surface area (Å²) < 4.78 is 17.2. The topological polar surface area (TPSA) is 115 Å². The molecule has 10 heteroatoms. The van der Waals surface area contributed by atoms with E-state index < -0.39 is 0 Å². The largest absolute Gasteiger partial charge is 0.493 e. The Bertz CT molecular complexity index is 1260. The first kappa shape index (κ1) is 21.4. The zero-order chi connectivity index (χ0) is 22.7. The molecule has 2 amide bonds. The van der Waals surface area contributed by atoms with Crippen LogP contribution in [0.3, 0.4) is 0 Å². The predicted molar refractivity (Wildman–Crippen MR) is 123 cm³/mol. The number of amides is 2. The molecule has 0 saturated carbocycles. The number of anilines is 1. The van der Waals surface area contributed by atoms with E-state index in [0.717, 1.165) is 15.6 Å². The molecule has 3 N–H and O–H groups in total. The number of ether oxygens (including phenoxy) is 3. The van der Waals surface area contributed by atoms with E-state index in [0.29, 0.717) is 33.6 Å². The number of fused-ring (bicyclic) bond motifs is 2. The van der Waals surface area contributed by atoms with E-state index in [1.807, 2.05) is 24.3 Å². The van der Waals surface area contributed by atoms with Crippen molar-refractivity contribution in [3.8, 4) is 17.2 Å². The van der Waals surface area contributed by atoms with E-state index in [1.165, 1.54) is 32.7 Å². The van der Waals surface area contributed by atoms with Crippen LogP contribution < -0.4 is 24.8 Å². The number of hydrogen-bond acceptors (Lipinski definition) is 7. The summed E-state index contributed by atoms with van der Waals surface area (Å²) in [5, 5.41) is 6.79. The maximum atomic E-state index is 12.6. The summed E-state index contributed by atoms with van der Waals surface area (Å²) in [4.78, 5) is 32.2. The number of para-hydroxylation sites is 1. The molecule has 32 heavy (non-hydrogen) atoms. The highest BCUT2D eigenvalue weighted by Crippen LogP contribution is 2.43. The highest BCUT2D eigenvalue weighted by atomic mass is 32.1. The van der Waals surface area contributed by atoms with Gasteiger partial charge in [0.1, 0.15) is 5.69 Å². The van der Waals surface area contributed by atoms with E-state index in [-0.39, 0.29) is 24.8 Å². The summed E-state index contributed by atoms with van der Waals surface area (Å²) in [6.45, 7) is 0.175. The predicted octanol–water partition coefficient (Wildman–Crippen LogP) is 3.56. The van der Waals surface area contributed by atoms with Gasteiger partial charge >= 0.3 is 0 Å². The molecule has 9 nitrogen and oxygen atoms in total. The Labute approximate surface area is 187 Å². The molecular formula is C22H22N4O5S. The van der Waals surface area contributed by atoms with Crippen LogP contribution in [-0.2, 0) is 4.79 Å². The first-order valence-electron chi connectivity index (χ1n) is 9.79. The zero-order valence-electron chi connectivity index (χ0n) is 17.8. The molecule has 0 aliphatic rings. The smallest absolute Gasteiger partial charge is 0.267 e. The van der Waals surface area contributed by atoms with Gasteiger partial charge in [0.25, 0.3) is 5.91 Å². The van der Waals surface area contributed by atoms with Crippen molar-refractivity contribution in [2.24, 2.45) is 0 Å². The summed E-state index contributed by atoms with van der Waals surface area (Å²) in [6, 6.07) is 11.1. The van der Waals surface area contributed by atoms with E-state index in [2.05, 4.69) is 20.6 Å². The third kappa shape index (κ3) is 4.17. The summed E-state index contributed by atoms with van der Waals surface area (Å²) in [5.41, 5.74) is 1.78. The lowest BCUT2D eigenvalue weighted by Gasteiger charge is -2.12. The second-order valence-electron chi connectivity index (χ2n) is 6.83. The Hall–Kier alpha value is -3.79. The Morgan fingerprint density at radius 2 is 1.84 bits per heavy atom. The molecule has 4 aromatic rings. The van der Waals surface area contributed by atoms with Crippen LogP contribution >= 0.6 is 11.3 Å². The summed E-state index contributed by atoms with van der Waals surface area (Å²) in [5.74, 6) is 0.805. The number of benzene rings is 2. The highest BCUT2D eigenvalue weighted by molar-refractivity contribution is 7.22. The van der Waals surface area contributed by atoms with Crippen LogP contribution in [0.2, 0.25) is 0 Å². The van der Waals surface area contributed by atoms with Crippen molar-refractivity contribution < 1.29 is 23.8 Å². The average molecular weight is 455 g/mol. The molecule has 0 bridgehead atoms. The summed E-state index contributed by atoms with van der Waals surface area (Å²) >= 11 is 1.41. The number of H-pyrrole nitrogens is 1. The number of rotatable bonds is 8. The van der Waals surface area contributed by atoms with E-state index in [4.69, 9.17) is 14.2 Å². The lowest BCUT2D eigenvalue weighted by molar-refractivity contribution is -0.116. The van der Waals surface area contributed by atoms with Gasteiger partial charge < -0.3 is 29.8 Å². The van der Waals surface area contributed by atoms with Gasteiger partial charge in [0.05, 0.1) is 37.1 Å². The summed E-state index contributed by atoms with van der Waals surface area (Å²) in [7, 11) is 4.56. The van der Waals surface area contributed by atoms with Crippen molar-refractivity contribution in [1.82, 2.24) is 15.3 Å². The van der Waals surface area contributed by atoms with Crippen LogP contribution in [0.25, 0.3) is 21.1 Å². The van der Waals surface area contributed by atoms with Gasteiger partial charge in [-0.2, -0.15) is 0 Å². The third-order valence-corrected chi connectivity index (χ3v) is 5.79. The van der Waals surface area contributed by atoms with Crippen molar-refractivity contribution in [1.29, 1.82) is 0 Å². The van der Waals surface area contributed by atoms with Crippen LogP contribution in [0.15, 0.2) is 36.4 Å². The normalized spacial score (nSPS) is 10.8. The number of hydrogen-bond donors (Lipinski definition) is 3. The number of aromatic amines is 1. The van der Waals surface area contributed by atoms with Crippen LogP contribution in [0.5, 0.6) is 17.2 Å². The van der Waals surface area contributed by atoms with Crippen molar-refractivity contribution in [3.63, 3.8) is 0 Å². The Kier molecular flexibility index (Phi) is 6.13. The second kappa shape index (κ2) is 9.15. The van der Waals surface area contributed by atoms with Crippen molar-refractivity contribution in [3.05, 3.63) is 42.1 Å². The number of aromatic nitrogens is 2. The lowest BCUT2D eigenvalue weighted by Crippen LogP contribution is -2.27. The number of nitrogens with one attached hydrogen (secondary N) is 3. The van der Waals surface area contributed by atoms with Crippen LogP contribution in [0.1, 0.15) is 16.9 Å². The molecule has 0 radical (unpaired) electrons. The fourth-order valence-electron chi connectivity index (χ4n) is 3.36. The molecule has 2 aromatic heterocycles. The van der Waals surface area contributed by atoms with E-state index in [9.17, 15) is 9.59 Å². The van der Waals surface area contributed by atoms with Crippen molar-refractivity contribution in [2.75, 3.05) is 33.2 Å². The number of carbonyl (C=O) groups is 2. The first-order chi connectivity index (χ1) is 15.5. The minimum atomic E-state index is -0.339. The summed E-state index contributed by atoms with van der Waals surface area (Å²) in [6.07, 6.45) is 0.118. The van der Waals surface area contributed by atoms with Gasteiger partial charge in [-0.05, 0) is 24.3 Å². The molecule has 0 fully saturated rings. The number of methoxy groups -OCH3 is 3. The van der Waals surface area contributed by atoms with Gasteiger partial charge in [-0.1, -0.05) is 23.5 Å². The monoisotopic (exact) mass is 454 g/mol. The average Bonchev–Trinajstić information content (AvgIpc) is 3.40. The number of thiazole rings is 1. The molecule has 0 spiro atoms. The molecule has 0 saturated heterocycles. The van der Waals surface area contributed by atoms with Gasteiger partial charge in [-0.3, -0.25) is 9.59 Å². The minimum absolute atomic E-state index is 0.118. The third-order valence-electron chi connectivity index (χ3n) is 4.84. The van der Waals surface area contributed by atoms with Crippen molar-refractivity contribution >= 4 is 49.4 Å². The first-order valence-corrected chi connectivity index (χ1v) is 10.6. The molecule has 0 aliphatic heterocycles.